The van der Waals surface area contributed by atoms with Crippen LogP contribution in [0.4, 0.5) is 5.69 Å². The lowest BCUT2D eigenvalue weighted by atomic mass is 10.1. The third-order valence-corrected chi connectivity index (χ3v) is 73.5. The Labute approximate surface area is 181 Å². The summed E-state index contributed by atoms with van der Waals surface area (Å²) >= 11 is 3.52. The van der Waals surface area contributed by atoms with Gasteiger partial charge >= 0.3 is 0 Å². The number of benzene rings is 1. The molecular weight excluding hydrogens is 486 g/mol. The average Bonchev–Trinajstić information content (AvgIpc) is 2.51. The van der Waals surface area contributed by atoms with Gasteiger partial charge in [-0.1, -0.05) is 74.9 Å². The van der Waals surface area contributed by atoms with E-state index < -0.39 is 45.5 Å². The second-order valence-corrected chi connectivity index (χ2v) is 50.9. The summed E-state index contributed by atoms with van der Waals surface area (Å²) < 4.78 is 7.25. The maximum atomic E-state index is 11.7. The van der Waals surface area contributed by atoms with Crippen molar-refractivity contribution in [3.05, 3.63) is 39.9 Å². The Morgan fingerprint density at radius 2 is 1.32 bits per heavy atom. The highest BCUT2D eigenvalue weighted by molar-refractivity contribution is 9.10. The maximum absolute atomic E-state index is 11.7. The van der Waals surface area contributed by atoms with E-state index in [9.17, 15) is 14.9 Å². The first kappa shape index (κ1) is 25.6. The molecule has 0 N–H and O–H groups in total. The number of nitro groups is 1. The van der Waals surface area contributed by atoms with Crippen LogP contribution in [0.15, 0.2) is 24.3 Å². The van der Waals surface area contributed by atoms with Crippen LogP contribution in [0.5, 0.6) is 0 Å². The third kappa shape index (κ3) is 5.01. The number of nitrogens with zero attached hydrogens (tertiary/aromatic N) is 1. The van der Waals surface area contributed by atoms with Crippen LogP contribution in [0.3, 0.4) is 0 Å². The van der Waals surface area contributed by atoms with Crippen LogP contribution in [0.1, 0.15) is 11.7 Å². The van der Waals surface area contributed by atoms with Gasteiger partial charge in [-0.2, -0.15) is 0 Å². The molecule has 0 saturated heterocycles. The van der Waals surface area contributed by atoms with E-state index in [-0.39, 0.29) is 5.69 Å². The molecule has 10 heteroatoms. The van der Waals surface area contributed by atoms with Crippen molar-refractivity contribution in [1.82, 2.24) is 0 Å². The number of alkyl halides is 1. The molecule has 5 nitrogen and oxygen atoms in total. The summed E-state index contributed by atoms with van der Waals surface area (Å²) in [5, 5.41) is 11.0. The van der Waals surface area contributed by atoms with Gasteiger partial charge in [-0.25, -0.2) is 0 Å². The number of carbonyl (C=O) groups is 1. The number of aldehydes is 1. The number of carbonyl (C=O) groups excluding carboxylic acids is 1. The normalized spacial score (nSPS) is 15.8. The van der Waals surface area contributed by atoms with Crippen molar-refractivity contribution in [3.63, 3.8) is 0 Å². The Kier molecular flexibility index (Phi) is 8.02. The summed E-state index contributed by atoms with van der Waals surface area (Å²) in [4.78, 5) is 21.9. The van der Waals surface area contributed by atoms with Crippen molar-refractivity contribution >= 4 is 57.5 Å². The lowest BCUT2D eigenvalue weighted by Crippen LogP contribution is -2.84. The fraction of sp³-hybridized carbons (Fsp3) is 0.611. The van der Waals surface area contributed by atoms with Gasteiger partial charge in [0.05, 0.1) is 38.6 Å². The Bertz CT molecular complexity index is 672. The highest BCUT2D eigenvalue weighted by Crippen LogP contribution is 2.42. The molecule has 0 fully saturated rings. The van der Waals surface area contributed by atoms with E-state index in [1.54, 1.807) is 12.1 Å². The van der Waals surface area contributed by atoms with Gasteiger partial charge in [0.25, 0.3) is 5.69 Å². The molecule has 0 radical (unpaired) electrons. The molecule has 1 rings (SSSR count). The first-order chi connectivity index (χ1) is 12.5. The summed E-state index contributed by atoms with van der Waals surface area (Å²) in [5.74, 6) is 0. The molecule has 158 valence electrons. The van der Waals surface area contributed by atoms with E-state index >= 15 is 0 Å². The van der Waals surface area contributed by atoms with Gasteiger partial charge in [0.15, 0.2) is 6.87 Å². The quantitative estimate of drug-likeness (QED) is 0.135. The topological polar surface area (TPSA) is 69.4 Å². The van der Waals surface area contributed by atoms with Crippen molar-refractivity contribution in [1.29, 1.82) is 0 Å². The maximum Gasteiger partial charge on any atom is 0.269 e. The van der Waals surface area contributed by atoms with Crippen LogP contribution >= 0.6 is 15.9 Å². The van der Waals surface area contributed by atoms with Gasteiger partial charge in [0.1, 0.15) is 6.29 Å². The molecule has 0 saturated carbocycles. The van der Waals surface area contributed by atoms with E-state index in [0.29, 0.717) is 0 Å². The molecule has 0 aromatic heterocycles. The van der Waals surface area contributed by atoms with Crippen LogP contribution < -0.4 is 0 Å². The van der Waals surface area contributed by atoms with E-state index in [4.69, 9.17) is 4.43 Å². The van der Waals surface area contributed by atoms with Crippen molar-refractivity contribution in [2.45, 2.75) is 69.9 Å². The molecule has 0 aliphatic carbocycles. The third-order valence-electron chi connectivity index (χ3n) is 5.32. The van der Waals surface area contributed by atoms with E-state index in [1.165, 1.54) is 12.1 Å². The predicted molar refractivity (Wildman–Crippen MR) is 131 cm³/mol. The smallest absolute Gasteiger partial charge is 0.269 e. The van der Waals surface area contributed by atoms with Crippen LogP contribution in [-0.4, -0.2) is 45.7 Å². The highest BCUT2D eigenvalue weighted by Gasteiger charge is 2.64. The summed E-state index contributed by atoms with van der Waals surface area (Å²) in [6.45, 7) is 19.6. The van der Waals surface area contributed by atoms with Crippen LogP contribution in [0.25, 0.3) is 0 Å². The second-order valence-electron chi connectivity index (χ2n) is 10.4. The molecule has 0 amide bonds. The molecule has 2 atom stereocenters. The number of non-ortho nitro benzene ring substituents is 1. The molecule has 0 unspecified atom stereocenters. The van der Waals surface area contributed by atoms with Crippen LogP contribution in [-0.2, 0) is 9.22 Å². The molecule has 0 spiro atoms. The minimum absolute atomic E-state index is 0.0452. The Hall–Kier alpha value is -0.402. The summed E-state index contributed by atoms with van der Waals surface area (Å²) in [6, 6.07) is 6.46. The summed E-state index contributed by atoms with van der Waals surface area (Å²) in [7, 11) is -5.09. The molecule has 0 heterocycles. The summed E-state index contributed by atoms with van der Waals surface area (Å²) in [6.07, 6.45) is 0.458. The Morgan fingerprint density at radius 3 is 1.61 bits per heavy atom. The Morgan fingerprint density at radius 1 is 0.929 bits per heavy atom. The van der Waals surface area contributed by atoms with Crippen LogP contribution in [0, 0.1) is 10.1 Å². The number of halogens is 1. The van der Waals surface area contributed by atoms with Crippen molar-refractivity contribution in [2.75, 3.05) is 0 Å². The fourth-order valence-corrected chi connectivity index (χ4v) is 99.7. The minimum atomic E-state index is -2.17. The van der Waals surface area contributed by atoms with Crippen LogP contribution in [0.2, 0.25) is 58.9 Å². The fourth-order valence-electron chi connectivity index (χ4n) is 5.27. The monoisotopic (exact) mass is 519 g/mol. The molecule has 1 aromatic rings. The van der Waals surface area contributed by atoms with Gasteiger partial charge in [-0.3, -0.25) is 10.1 Å². The molecule has 0 aliphatic rings. The molecular formula is C18H34BrNO4Si4. The van der Waals surface area contributed by atoms with E-state index in [0.717, 1.165) is 11.8 Å². The predicted octanol–water partition coefficient (Wildman–Crippen LogP) is 5.81. The average molecular weight is 521 g/mol. The molecule has 0 aliphatic heterocycles. The first-order valence-corrected chi connectivity index (χ1v) is 25.8. The zero-order valence-electron chi connectivity index (χ0n) is 18.5. The molecule has 0 bridgehead atoms. The summed E-state index contributed by atoms with van der Waals surface area (Å²) in [5.41, 5.74) is 0.870. The van der Waals surface area contributed by atoms with Crippen molar-refractivity contribution in [2.24, 2.45) is 0 Å². The largest absolute Gasteiger partial charge is 0.417 e. The number of nitro benzene ring substituents is 1. The van der Waals surface area contributed by atoms with Gasteiger partial charge in [0.2, 0.25) is 0 Å². The van der Waals surface area contributed by atoms with Gasteiger partial charge < -0.3 is 9.22 Å². The number of hydrogen-bond donors (Lipinski definition) is 0. The molecule has 1 aromatic carbocycles. The minimum Gasteiger partial charge on any atom is -0.417 e. The Balaban J connectivity index is 3.64. The van der Waals surface area contributed by atoms with Gasteiger partial charge in [0, 0.05) is 12.1 Å². The van der Waals surface area contributed by atoms with E-state index in [1.807, 2.05) is 0 Å². The standard InChI is InChI=1S/C18H34BrNO4Si4/c1-25(2,3)28(26(4,5)6,27(7,8)9)24-18(17(19)14-21)15-10-12-16(13-11-15)20(22)23/h10-14,17-18H,1-9H3/t17-,18+/m1/s1. The second kappa shape index (κ2) is 8.76. The SMILES string of the molecule is C[Si](C)(C)[Si](O[C@@H](c1ccc([N+](=O)[O-])cc1)[C@H](Br)C=O)([Si](C)(C)C)[Si](C)(C)C. The lowest BCUT2D eigenvalue weighted by Gasteiger charge is -2.57. The lowest BCUT2D eigenvalue weighted by molar-refractivity contribution is -0.384. The number of rotatable bonds is 9. The van der Waals surface area contributed by atoms with Gasteiger partial charge in [-0.15, -0.1) is 0 Å². The highest BCUT2D eigenvalue weighted by atomic mass is 79.9. The number of hydrogen-bond acceptors (Lipinski definition) is 4. The van der Waals surface area contributed by atoms with E-state index in [2.05, 4.69) is 74.9 Å². The first-order valence-electron chi connectivity index (χ1n) is 9.51. The van der Waals surface area contributed by atoms with Crippen molar-refractivity contribution < 1.29 is 14.1 Å². The zero-order valence-corrected chi connectivity index (χ0v) is 24.1. The van der Waals surface area contributed by atoms with Crippen molar-refractivity contribution in [3.8, 4) is 0 Å². The molecule has 28 heavy (non-hydrogen) atoms. The van der Waals surface area contributed by atoms with Gasteiger partial charge in [-0.05, 0) is 17.7 Å². The zero-order chi connectivity index (χ0) is 22.1.